The van der Waals surface area contributed by atoms with E-state index in [2.05, 4.69) is 0 Å². The van der Waals surface area contributed by atoms with Crippen LogP contribution in [0.2, 0.25) is 0 Å². The number of aliphatic hydroxyl groups excluding tert-OH is 1. The molecule has 2 fully saturated rings. The lowest BCUT2D eigenvalue weighted by Crippen LogP contribution is -2.21. The van der Waals surface area contributed by atoms with E-state index in [-0.39, 0.29) is 6.10 Å². The molecule has 1 aliphatic heterocycles. The van der Waals surface area contributed by atoms with Crippen molar-refractivity contribution in [2.75, 3.05) is 6.61 Å². The fraction of sp³-hybridized carbons (Fsp3) is 1.00. The first-order valence-electron chi connectivity index (χ1n) is 7.16. The fourth-order valence-electron chi connectivity index (χ4n) is 3.16. The molecule has 2 unspecified atom stereocenters. The van der Waals surface area contributed by atoms with Crippen LogP contribution in [-0.4, -0.2) is 23.9 Å². The highest BCUT2D eigenvalue weighted by atomic mass is 16.5. The van der Waals surface area contributed by atoms with Crippen LogP contribution in [0.4, 0.5) is 0 Å². The van der Waals surface area contributed by atoms with Crippen molar-refractivity contribution < 1.29 is 9.84 Å². The average Bonchev–Trinajstić information content (AvgIpc) is 2.66. The van der Waals surface area contributed by atoms with E-state index >= 15 is 0 Å². The zero-order chi connectivity index (χ0) is 11.2. The maximum Gasteiger partial charge on any atom is 0.0577 e. The van der Waals surface area contributed by atoms with Gasteiger partial charge in [0, 0.05) is 6.61 Å². The third-order valence-corrected chi connectivity index (χ3v) is 4.25. The van der Waals surface area contributed by atoms with Gasteiger partial charge in [-0.15, -0.1) is 0 Å². The number of aliphatic hydroxyl groups is 1. The third kappa shape index (κ3) is 3.74. The fourth-order valence-corrected chi connectivity index (χ4v) is 3.16. The quantitative estimate of drug-likeness (QED) is 0.745. The molecule has 0 radical (unpaired) electrons. The monoisotopic (exact) mass is 226 g/mol. The van der Waals surface area contributed by atoms with Gasteiger partial charge >= 0.3 is 0 Å². The van der Waals surface area contributed by atoms with Crippen LogP contribution >= 0.6 is 0 Å². The number of hydrogen-bond acceptors (Lipinski definition) is 2. The van der Waals surface area contributed by atoms with Crippen molar-refractivity contribution in [1.82, 2.24) is 0 Å². The molecule has 0 aromatic carbocycles. The van der Waals surface area contributed by atoms with Gasteiger partial charge in [0.05, 0.1) is 12.2 Å². The predicted octanol–water partition coefficient (Wildman–Crippen LogP) is 3.28. The number of hydrogen-bond donors (Lipinski definition) is 1. The smallest absolute Gasteiger partial charge is 0.0577 e. The molecule has 1 saturated carbocycles. The summed E-state index contributed by atoms with van der Waals surface area (Å²) in [6.07, 6.45) is 12.7. The molecule has 0 aromatic heterocycles. The molecule has 2 heteroatoms. The van der Waals surface area contributed by atoms with Crippen LogP contribution in [0, 0.1) is 5.92 Å². The molecule has 2 nitrogen and oxygen atoms in total. The molecule has 1 N–H and O–H groups in total. The van der Waals surface area contributed by atoms with Gasteiger partial charge in [0.2, 0.25) is 0 Å². The highest BCUT2D eigenvalue weighted by Crippen LogP contribution is 2.28. The van der Waals surface area contributed by atoms with E-state index in [1.54, 1.807) is 0 Å². The lowest BCUT2D eigenvalue weighted by molar-refractivity contribution is 0.0545. The minimum absolute atomic E-state index is 0.0673. The maximum atomic E-state index is 10.2. The first kappa shape index (κ1) is 12.4. The standard InChI is InChI=1S/C14H26O2/c15-14(10-9-13-8-5-11-16-13)12-6-3-1-2-4-7-12/h12-15H,1-11H2. The van der Waals surface area contributed by atoms with E-state index in [1.165, 1.54) is 51.4 Å². The van der Waals surface area contributed by atoms with Gasteiger partial charge in [-0.2, -0.15) is 0 Å². The number of ether oxygens (including phenoxy) is 1. The Kier molecular flexibility index (Phi) is 5.11. The van der Waals surface area contributed by atoms with Crippen LogP contribution in [0.5, 0.6) is 0 Å². The molecular formula is C14H26O2. The SMILES string of the molecule is OC(CCC1CCCO1)C1CCCCCC1. The van der Waals surface area contributed by atoms with E-state index in [9.17, 15) is 5.11 Å². The van der Waals surface area contributed by atoms with Gasteiger partial charge in [0.15, 0.2) is 0 Å². The molecule has 1 saturated heterocycles. The first-order valence-corrected chi connectivity index (χ1v) is 7.16. The van der Waals surface area contributed by atoms with Crippen molar-refractivity contribution >= 4 is 0 Å². The summed E-state index contributed by atoms with van der Waals surface area (Å²) in [6, 6.07) is 0. The summed E-state index contributed by atoms with van der Waals surface area (Å²) in [6.45, 7) is 0.935. The van der Waals surface area contributed by atoms with Crippen LogP contribution in [-0.2, 0) is 4.74 Å². The van der Waals surface area contributed by atoms with E-state index in [0.29, 0.717) is 12.0 Å². The molecule has 2 atom stereocenters. The highest BCUT2D eigenvalue weighted by Gasteiger charge is 2.23. The van der Waals surface area contributed by atoms with Gasteiger partial charge in [-0.05, 0) is 44.4 Å². The lowest BCUT2D eigenvalue weighted by Gasteiger charge is -2.22. The second-order valence-electron chi connectivity index (χ2n) is 5.53. The summed E-state index contributed by atoms with van der Waals surface area (Å²) in [4.78, 5) is 0. The summed E-state index contributed by atoms with van der Waals surface area (Å²) in [5.74, 6) is 0.573. The Balaban J connectivity index is 1.66. The summed E-state index contributed by atoms with van der Waals surface area (Å²) in [5, 5.41) is 10.2. The first-order chi connectivity index (χ1) is 7.86. The van der Waals surface area contributed by atoms with Crippen molar-refractivity contribution in [3.63, 3.8) is 0 Å². The molecule has 0 aromatic rings. The van der Waals surface area contributed by atoms with E-state index in [0.717, 1.165) is 19.4 Å². The summed E-state index contributed by atoms with van der Waals surface area (Å²) in [5.41, 5.74) is 0. The zero-order valence-electron chi connectivity index (χ0n) is 10.4. The van der Waals surface area contributed by atoms with Crippen molar-refractivity contribution in [3.05, 3.63) is 0 Å². The Morgan fingerprint density at radius 1 is 1.00 bits per heavy atom. The Hall–Kier alpha value is -0.0800. The average molecular weight is 226 g/mol. The minimum Gasteiger partial charge on any atom is -0.393 e. The van der Waals surface area contributed by atoms with Crippen LogP contribution in [0.3, 0.4) is 0 Å². The normalized spacial score (nSPS) is 30.2. The molecule has 2 aliphatic rings. The third-order valence-electron chi connectivity index (χ3n) is 4.25. The molecule has 0 bridgehead atoms. The maximum absolute atomic E-state index is 10.2. The largest absolute Gasteiger partial charge is 0.393 e. The molecule has 16 heavy (non-hydrogen) atoms. The minimum atomic E-state index is -0.0673. The molecule has 94 valence electrons. The molecule has 1 aliphatic carbocycles. The predicted molar refractivity (Wildman–Crippen MR) is 65.4 cm³/mol. The Bertz CT molecular complexity index is 179. The zero-order valence-corrected chi connectivity index (χ0v) is 10.4. The van der Waals surface area contributed by atoms with E-state index in [1.807, 2.05) is 0 Å². The van der Waals surface area contributed by atoms with Gasteiger partial charge < -0.3 is 9.84 Å². The molecule has 0 amide bonds. The second kappa shape index (κ2) is 6.61. The van der Waals surface area contributed by atoms with Gasteiger partial charge in [0.25, 0.3) is 0 Å². The summed E-state index contributed by atoms with van der Waals surface area (Å²) < 4.78 is 5.60. The van der Waals surface area contributed by atoms with Crippen LogP contribution in [0.1, 0.15) is 64.2 Å². The summed E-state index contributed by atoms with van der Waals surface area (Å²) in [7, 11) is 0. The molecule has 2 rings (SSSR count). The van der Waals surface area contributed by atoms with E-state index in [4.69, 9.17) is 4.74 Å². The highest BCUT2D eigenvalue weighted by molar-refractivity contribution is 4.74. The van der Waals surface area contributed by atoms with Gasteiger partial charge in [-0.3, -0.25) is 0 Å². The summed E-state index contributed by atoms with van der Waals surface area (Å²) >= 11 is 0. The van der Waals surface area contributed by atoms with E-state index < -0.39 is 0 Å². The van der Waals surface area contributed by atoms with Crippen LogP contribution in [0.25, 0.3) is 0 Å². The van der Waals surface area contributed by atoms with Crippen molar-refractivity contribution in [2.24, 2.45) is 5.92 Å². The Morgan fingerprint density at radius 3 is 2.38 bits per heavy atom. The molecular weight excluding hydrogens is 200 g/mol. The Morgan fingerprint density at radius 2 is 1.75 bits per heavy atom. The van der Waals surface area contributed by atoms with Crippen molar-refractivity contribution in [3.8, 4) is 0 Å². The van der Waals surface area contributed by atoms with Gasteiger partial charge in [-0.1, -0.05) is 25.7 Å². The molecule has 1 heterocycles. The van der Waals surface area contributed by atoms with Gasteiger partial charge in [0.1, 0.15) is 0 Å². The topological polar surface area (TPSA) is 29.5 Å². The number of rotatable bonds is 4. The van der Waals surface area contributed by atoms with Crippen LogP contribution in [0.15, 0.2) is 0 Å². The second-order valence-corrected chi connectivity index (χ2v) is 5.53. The Labute approximate surface area is 99.4 Å². The van der Waals surface area contributed by atoms with Gasteiger partial charge in [-0.25, -0.2) is 0 Å². The van der Waals surface area contributed by atoms with Crippen molar-refractivity contribution in [2.45, 2.75) is 76.4 Å². The lowest BCUT2D eigenvalue weighted by atomic mass is 9.90. The van der Waals surface area contributed by atoms with Crippen molar-refractivity contribution in [1.29, 1.82) is 0 Å². The molecule has 0 spiro atoms. The van der Waals surface area contributed by atoms with Crippen LogP contribution < -0.4 is 0 Å².